The third-order valence-corrected chi connectivity index (χ3v) is 3.22. The molecule has 20 heavy (non-hydrogen) atoms. The molecule has 0 saturated heterocycles. The van der Waals surface area contributed by atoms with Crippen molar-refractivity contribution in [2.75, 3.05) is 5.88 Å². The maximum absolute atomic E-state index is 11.1. The van der Waals surface area contributed by atoms with Gasteiger partial charge in [-0.1, -0.05) is 30.3 Å². The summed E-state index contributed by atoms with van der Waals surface area (Å²) in [7, 11) is 1.95. The highest BCUT2D eigenvalue weighted by Gasteiger charge is 2.08. The number of nitrogens with one attached hydrogen (secondary N) is 1. The standard InChI is InChI=1S/C14H16ClN3O.ClH/c1-18-12(7-11-5-3-2-4-6-11)9-16-13(18)10-17-14(19)8-15;/h2-6,9H,7-8,10H2,1H3,(H,17,19);1H. The zero-order chi connectivity index (χ0) is 13.7. The summed E-state index contributed by atoms with van der Waals surface area (Å²) < 4.78 is 2.00. The van der Waals surface area contributed by atoms with E-state index in [-0.39, 0.29) is 24.2 Å². The minimum atomic E-state index is -0.186. The predicted octanol–water partition coefficient (Wildman–Crippen LogP) is 2.29. The highest BCUT2D eigenvalue weighted by atomic mass is 35.5. The average Bonchev–Trinajstić information content (AvgIpc) is 2.78. The summed E-state index contributed by atoms with van der Waals surface area (Å²) in [5.41, 5.74) is 2.35. The van der Waals surface area contributed by atoms with Crippen molar-refractivity contribution in [3.63, 3.8) is 0 Å². The number of rotatable bonds is 5. The van der Waals surface area contributed by atoms with Gasteiger partial charge in [0.05, 0.1) is 6.54 Å². The molecule has 0 aliphatic heterocycles. The number of carbonyl (C=O) groups is 1. The molecule has 0 atom stereocenters. The molecule has 0 radical (unpaired) electrons. The molecule has 1 heterocycles. The lowest BCUT2D eigenvalue weighted by molar-refractivity contribution is -0.118. The SMILES string of the molecule is Cl.Cn1c(Cc2ccccc2)cnc1CNC(=O)CCl. The lowest BCUT2D eigenvalue weighted by atomic mass is 10.1. The van der Waals surface area contributed by atoms with Crippen molar-refractivity contribution in [3.05, 3.63) is 53.6 Å². The Bertz CT molecular complexity index is 555. The van der Waals surface area contributed by atoms with Gasteiger partial charge in [0.2, 0.25) is 5.91 Å². The topological polar surface area (TPSA) is 46.9 Å². The number of halogens is 2. The summed E-state index contributed by atoms with van der Waals surface area (Å²) in [5, 5.41) is 2.71. The Morgan fingerprint density at radius 2 is 2.05 bits per heavy atom. The molecule has 0 aliphatic rings. The summed E-state index contributed by atoms with van der Waals surface area (Å²) in [6.07, 6.45) is 2.67. The molecule has 0 spiro atoms. The van der Waals surface area contributed by atoms with E-state index in [9.17, 15) is 4.79 Å². The van der Waals surface area contributed by atoms with Crippen LogP contribution in [0.5, 0.6) is 0 Å². The second-order valence-corrected chi connectivity index (χ2v) is 4.56. The Labute approximate surface area is 129 Å². The zero-order valence-electron chi connectivity index (χ0n) is 11.2. The summed E-state index contributed by atoms with van der Waals surface area (Å²) in [5.74, 6) is 0.611. The van der Waals surface area contributed by atoms with Crippen molar-refractivity contribution in [2.45, 2.75) is 13.0 Å². The molecule has 2 aromatic rings. The van der Waals surface area contributed by atoms with Crippen LogP contribution in [0.1, 0.15) is 17.1 Å². The molecule has 1 amide bonds. The van der Waals surface area contributed by atoms with E-state index >= 15 is 0 Å². The first-order valence-electron chi connectivity index (χ1n) is 6.06. The first kappa shape index (κ1) is 16.5. The number of benzene rings is 1. The normalized spacial score (nSPS) is 9.90. The summed E-state index contributed by atoms with van der Waals surface area (Å²) in [6.45, 7) is 0.400. The average molecular weight is 314 g/mol. The zero-order valence-corrected chi connectivity index (χ0v) is 12.7. The molecular weight excluding hydrogens is 297 g/mol. The highest BCUT2D eigenvalue weighted by molar-refractivity contribution is 6.27. The molecular formula is C14H17Cl2N3O. The van der Waals surface area contributed by atoms with Crippen LogP contribution < -0.4 is 5.32 Å². The number of hydrogen-bond acceptors (Lipinski definition) is 2. The van der Waals surface area contributed by atoms with E-state index < -0.39 is 0 Å². The van der Waals surface area contributed by atoms with Crippen LogP contribution in [-0.2, 0) is 24.8 Å². The first-order valence-corrected chi connectivity index (χ1v) is 6.60. The number of imidazole rings is 1. The Balaban J connectivity index is 0.00000200. The van der Waals surface area contributed by atoms with Gasteiger partial charge in [0.25, 0.3) is 0 Å². The van der Waals surface area contributed by atoms with Gasteiger partial charge in [-0.3, -0.25) is 4.79 Å². The Morgan fingerprint density at radius 3 is 2.70 bits per heavy atom. The van der Waals surface area contributed by atoms with Crippen molar-refractivity contribution >= 4 is 29.9 Å². The lowest BCUT2D eigenvalue weighted by Crippen LogP contribution is -2.25. The number of aromatic nitrogens is 2. The van der Waals surface area contributed by atoms with E-state index in [1.54, 1.807) is 0 Å². The minimum absolute atomic E-state index is 0. The molecule has 1 N–H and O–H groups in total. The number of nitrogens with zero attached hydrogens (tertiary/aromatic N) is 2. The Morgan fingerprint density at radius 1 is 1.35 bits per heavy atom. The fourth-order valence-corrected chi connectivity index (χ4v) is 1.94. The Kier molecular flexibility index (Phi) is 6.55. The number of hydrogen-bond donors (Lipinski definition) is 1. The molecule has 108 valence electrons. The lowest BCUT2D eigenvalue weighted by Gasteiger charge is -2.07. The molecule has 0 fully saturated rings. The molecule has 6 heteroatoms. The highest BCUT2D eigenvalue weighted by Crippen LogP contribution is 2.10. The Hall–Kier alpha value is -1.52. The van der Waals surface area contributed by atoms with Crippen LogP contribution in [0.15, 0.2) is 36.5 Å². The van der Waals surface area contributed by atoms with Crippen molar-refractivity contribution in [1.29, 1.82) is 0 Å². The molecule has 1 aromatic carbocycles. The van der Waals surface area contributed by atoms with Crippen molar-refractivity contribution in [3.8, 4) is 0 Å². The molecule has 0 unspecified atom stereocenters. The van der Waals surface area contributed by atoms with E-state index in [0.29, 0.717) is 6.54 Å². The van der Waals surface area contributed by atoms with Crippen molar-refractivity contribution < 1.29 is 4.79 Å². The van der Waals surface area contributed by atoms with Crippen molar-refractivity contribution in [1.82, 2.24) is 14.9 Å². The van der Waals surface area contributed by atoms with E-state index in [4.69, 9.17) is 11.6 Å². The molecule has 0 aliphatic carbocycles. The van der Waals surface area contributed by atoms with Crippen LogP contribution in [0, 0.1) is 0 Å². The minimum Gasteiger partial charge on any atom is -0.348 e. The van der Waals surface area contributed by atoms with Crippen LogP contribution >= 0.6 is 24.0 Å². The maximum atomic E-state index is 11.1. The van der Waals surface area contributed by atoms with E-state index in [1.807, 2.05) is 36.0 Å². The smallest absolute Gasteiger partial charge is 0.235 e. The van der Waals surface area contributed by atoms with Gasteiger partial charge in [-0.25, -0.2) is 4.98 Å². The largest absolute Gasteiger partial charge is 0.348 e. The van der Waals surface area contributed by atoms with Gasteiger partial charge < -0.3 is 9.88 Å². The summed E-state index contributed by atoms with van der Waals surface area (Å²) in [4.78, 5) is 15.4. The summed E-state index contributed by atoms with van der Waals surface area (Å²) >= 11 is 5.43. The van der Waals surface area contributed by atoms with Crippen LogP contribution in [0.2, 0.25) is 0 Å². The predicted molar refractivity (Wildman–Crippen MR) is 82.3 cm³/mol. The number of carbonyl (C=O) groups excluding carboxylic acids is 1. The molecule has 1 aromatic heterocycles. The number of alkyl halides is 1. The second-order valence-electron chi connectivity index (χ2n) is 4.30. The van der Waals surface area contributed by atoms with Gasteiger partial charge in [0, 0.05) is 25.4 Å². The van der Waals surface area contributed by atoms with Gasteiger partial charge in [-0.15, -0.1) is 24.0 Å². The number of amides is 1. The van der Waals surface area contributed by atoms with Gasteiger partial charge in [-0.05, 0) is 5.56 Å². The molecule has 2 rings (SSSR count). The first-order chi connectivity index (χ1) is 9.20. The third-order valence-electron chi connectivity index (χ3n) is 2.97. The van der Waals surface area contributed by atoms with E-state index in [1.165, 1.54) is 5.56 Å². The monoisotopic (exact) mass is 313 g/mol. The van der Waals surface area contributed by atoms with E-state index in [0.717, 1.165) is 17.9 Å². The fraction of sp³-hybridized carbons (Fsp3) is 0.286. The van der Waals surface area contributed by atoms with Crippen LogP contribution in [0.25, 0.3) is 0 Å². The van der Waals surface area contributed by atoms with Crippen LogP contribution in [0.3, 0.4) is 0 Å². The summed E-state index contributed by atoms with van der Waals surface area (Å²) in [6, 6.07) is 10.2. The molecule has 0 saturated carbocycles. The third kappa shape index (κ3) is 4.25. The quantitative estimate of drug-likeness (QED) is 0.861. The van der Waals surface area contributed by atoms with Gasteiger partial charge in [0.15, 0.2) is 0 Å². The molecule has 0 bridgehead atoms. The molecule has 4 nitrogen and oxygen atoms in total. The van der Waals surface area contributed by atoms with Crippen molar-refractivity contribution in [2.24, 2.45) is 7.05 Å². The van der Waals surface area contributed by atoms with Gasteiger partial charge in [0.1, 0.15) is 11.7 Å². The van der Waals surface area contributed by atoms with E-state index in [2.05, 4.69) is 22.4 Å². The maximum Gasteiger partial charge on any atom is 0.235 e. The van der Waals surface area contributed by atoms with Crippen LogP contribution in [0.4, 0.5) is 0 Å². The second kappa shape index (κ2) is 7.92. The van der Waals surface area contributed by atoms with Gasteiger partial charge >= 0.3 is 0 Å². The fourth-order valence-electron chi connectivity index (χ4n) is 1.85. The van der Waals surface area contributed by atoms with Crippen LogP contribution in [-0.4, -0.2) is 21.3 Å². The van der Waals surface area contributed by atoms with Gasteiger partial charge in [-0.2, -0.15) is 0 Å².